The molecule has 10 nitrogen and oxygen atoms in total. The molecule has 2 amide bonds. The summed E-state index contributed by atoms with van der Waals surface area (Å²) in [5, 5.41) is 18.5. The van der Waals surface area contributed by atoms with E-state index in [1.807, 2.05) is 4.90 Å². The molecule has 0 bridgehead atoms. The monoisotopic (exact) mass is 386 g/mol. The summed E-state index contributed by atoms with van der Waals surface area (Å²) in [6.45, 7) is 5.33. The molecule has 0 aliphatic carbocycles. The van der Waals surface area contributed by atoms with Crippen molar-refractivity contribution in [3.05, 3.63) is 45.6 Å². The summed E-state index contributed by atoms with van der Waals surface area (Å²) in [6.07, 6.45) is 0. The van der Waals surface area contributed by atoms with Gasteiger partial charge in [0.1, 0.15) is 11.5 Å². The number of aryl methyl sites for hydroxylation is 2. The van der Waals surface area contributed by atoms with Crippen LogP contribution < -0.4 is 10.2 Å². The molecule has 1 aliphatic rings. The van der Waals surface area contributed by atoms with E-state index in [9.17, 15) is 19.7 Å². The molecule has 28 heavy (non-hydrogen) atoms. The lowest BCUT2D eigenvalue weighted by molar-refractivity contribution is -0.384. The van der Waals surface area contributed by atoms with Gasteiger partial charge in [-0.2, -0.15) is 5.10 Å². The lowest BCUT2D eigenvalue weighted by Crippen LogP contribution is -2.48. The summed E-state index contributed by atoms with van der Waals surface area (Å²) >= 11 is 0. The number of carbonyl (C=O) groups is 2. The molecule has 1 saturated heterocycles. The zero-order chi connectivity index (χ0) is 20.4. The van der Waals surface area contributed by atoms with Crippen molar-refractivity contribution in [3.8, 4) is 0 Å². The van der Waals surface area contributed by atoms with E-state index in [-0.39, 0.29) is 17.2 Å². The predicted octanol–water partition coefficient (Wildman–Crippen LogP) is 1.56. The first kappa shape index (κ1) is 19.3. The summed E-state index contributed by atoms with van der Waals surface area (Å²) in [6, 6.07) is 6.16. The molecule has 0 atom stereocenters. The number of hydrogen-bond donors (Lipinski definition) is 1. The Hall–Kier alpha value is -3.43. The lowest BCUT2D eigenvalue weighted by atomic mass is 10.1. The lowest BCUT2D eigenvalue weighted by Gasteiger charge is -2.35. The summed E-state index contributed by atoms with van der Waals surface area (Å²) < 4.78 is 1.53. The Morgan fingerprint density at radius 2 is 1.86 bits per heavy atom. The normalized spacial score (nSPS) is 14.1. The van der Waals surface area contributed by atoms with Crippen LogP contribution in [0.1, 0.15) is 23.0 Å². The van der Waals surface area contributed by atoms with Gasteiger partial charge in [-0.25, -0.2) is 0 Å². The molecular formula is C18H22N6O4. The highest BCUT2D eigenvalue weighted by atomic mass is 16.6. The van der Waals surface area contributed by atoms with Crippen molar-refractivity contribution in [2.45, 2.75) is 13.8 Å². The van der Waals surface area contributed by atoms with Gasteiger partial charge >= 0.3 is 0 Å². The van der Waals surface area contributed by atoms with Gasteiger partial charge in [0.05, 0.1) is 10.6 Å². The van der Waals surface area contributed by atoms with Crippen molar-refractivity contribution in [1.82, 2.24) is 14.7 Å². The highest BCUT2D eigenvalue weighted by Crippen LogP contribution is 2.30. The van der Waals surface area contributed by atoms with Crippen LogP contribution in [0.3, 0.4) is 0 Å². The second-order valence-corrected chi connectivity index (χ2v) is 6.70. The topological polar surface area (TPSA) is 114 Å². The maximum atomic E-state index is 12.5. The number of amides is 2. The Morgan fingerprint density at radius 1 is 1.18 bits per heavy atom. The number of piperazine rings is 1. The minimum Gasteiger partial charge on any atom is -0.362 e. The minimum absolute atomic E-state index is 0.00781. The third kappa shape index (κ3) is 3.95. The standard InChI is InChI=1S/C18H22N6O4/c1-12-10-17(21(3)20-12)19-18(26)14-4-5-15(16(11-14)24(27)28)23-8-6-22(7-9-23)13(2)25/h4-5,10-11H,6-9H2,1-3H3,(H,19,26). The van der Waals surface area contributed by atoms with Crippen LogP contribution in [-0.4, -0.2) is 57.6 Å². The number of anilines is 2. The molecule has 0 saturated carbocycles. The summed E-state index contributed by atoms with van der Waals surface area (Å²) in [5.41, 5.74) is 1.26. The molecule has 10 heteroatoms. The van der Waals surface area contributed by atoms with Gasteiger partial charge in [-0.05, 0) is 19.1 Å². The minimum atomic E-state index is -0.488. The van der Waals surface area contributed by atoms with Crippen LogP contribution in [-0.2, 0) is 11.8 Å². The van der Waals surface area contributed by atoms with Crippen LogP contribution in [0.15, 0.2) is 24.3 Å². The molecule has 0 spiro atoms. The third-order valence-corrected chi connectivity index (χ3v) is 4.74. The van der Waals surface area contributed by atoms with Gasteiger partial charge < -0.3 is 15.1 Å². The van der Waals surface area contributed by atoms with Gasteiger partial charge in [-0.3, -0.25) is 24.4 Å². The largest absolute Gasteiger partial charge is 0.362 e. The predicted molar refractivity (Wildman–Crippen MR) is 103 cm³/mol. The van der Waals surface area contributed by atoms with Crippen molar-refractivity contribution in [1.29, 1.82) is 0 Å². The van der Waals surface area contributed by atoms with Crippen molar-refractivity contribution in [2.24, 2.45) is 7.05 Å². The number of nitro benzene ring substituents is 1. The first-order valence-electron chi connectivity index (χ1n) is 8.87. The molecule has 0 radical (unpaired) electrons. The van der Waals surface area contributed by atoms with E-state index in [1.165, 1.54) is 17.7 Å². The van der Waals surface area contributed by atoms with Gasteiger partial charge in [0.15, 0.2) is 0 Å². The van der Waals surface area contributed by atoms with Gasteiger partial charge in [0.25, 0.3) is 11.6 Å². The number of hydrogen-bond acceptors (Lipinski definition) is 6. The van der Waals surface area contributed by atoms with Crippen molar-refractivity contribution < 1.29 is 14.5 Å². The van der Waals surface area contributed by atoms with Crippen LogP contribution in [0, 0.1) is 17.0 Å². The van der Waals surface area contributed by atoms with E-state index in [0.717, 1.165) is 5.69 Å². The highest BCUT2D eigenvalue weighted by Gasteiger charge is 2.26. The quantitative estimate of drug-likeness (QED) is 0.630. The average molecular weight is 386 g/mol. The molecule has 2 heterocycles. The van der Waals surface area contributed by atoms with Gasteiger partial charge in [0.2, 0.25) is 5.91 Å². The SMILES string of the molecule is CC(=O)N1CCN(c2ccc(C(=O)Nc3cc(C)nn3C)cc2[N+](=O)[O-])CC1. The van der Waals surface area contributed by atoms with E-state index in [1.54, 1.807) is 37.1 Å². The van der Waals surface area contributed by atoms with Crippen LogP contribution >= 0.6 is 0 Å². The third-order valence-electron chi connectivity index (χ3n) is 4.74. The zero-order valence-electron chi connectivity index (χ0n) is 16.0. The Kier molecular flexibility index (Phi) is 5.30. The average Bonchev–Trinajstić information content (AvgIpc) is 2.98. The number of benzene rings is 1. The first-order chi connectivity index (χ1) is 13.3. The van der Waals surface area contributed by atoms with Gasteiger partial charge in [-0.15, -0.1) is 0 Å². The molecule has 3 rings (SSSR count). The number of carbonyl (C=O) groups excluding carboxylic acids is 2. The van der Waals surface area contributed by atoms with Gasteiger partial charge in [0, 0.05) is 57.8 Å². The number of aromatic nitrogens is 2. The van der Waals surface area contributed by atoms with E-state index < -0.39 is 10.8 Å². The van der Waals surface area contributed by atoms with Gasteiger partial charge in [-0.1, -0.05) is 0 Å². The highest BCUT2D eigenvalue weighted by molar-refractivity contribution is 6.04. The maximum absolute atomic E-state index is 12.5. The molecule has 1 fully saturated rings. The van der Waals surface area contributed by atoms with Crippen LogP contribution in [0.2, 0.25) is 0 Å². The van der Waals surface area contributed by atoms with Crippen molar-refractivity contribution in [2.75, 3.05) is 36.4 Å². The fraction of sp³-hybridized carbons (Fsp3) is 0.389. The number of rotatable bonds is 4. The molecule has 1 N–H and O–H groups in total. The van der Waals surface area contributed by atoms with Crippen LogP contribution in [0.5, 0.6) is 0 Å². The molecule has 2 aromatic rings. The molecule has 1 aromatic carbocycles. The van der Waals surface area contributed by atoms with E-state index in [2.05, 4.69) is 10.4 Å². The Bertz CT molecular complexity index is 930. The first-order valence-corrected chi connectivity index (χ1v) is 8.87. The summed E-state index contributed by atoms with van der Waals surface area (Å²) in [7, 11) is 1.70. The summed E-state index contributed by atoms with van der Waals surface area (Å²) in [5.74, 6) is 0.0557. The second-order valence-electron chi connectivity index (χ2n) is 6.70. The second kappa shape index (κ2) is 7.67. The number of nitrogens with one attached hydrogen (secondary N) is 1. The molecule has 1 aromatic heterocycles. The van der Waals surface area contributed by atoms with Crippen LogP contribution in [0.25, 0.3) is 0 Å². The van der Waals surface area contributed by atoms with Crippen molar-refractivity contribution >= 4 is 29.0 Å². The van der Waals surface area contributed by atoms with Crippen LogP contribution in [0.4, 0.5) is 17.2 Å². The molecular weight excluding hydrogens is 364 g/mol. The van der Waals surface area contributed by atoms with Crippen molar-refractivity contribution in [3.63, 3.8) is 0 Å². The van der Waals surface area contributed by atoms with E-state index >= 15 is 0 Å². The fourth-order valence-corrected chi connectivity index (χ4v) is 3.26. The molecule has 148 valence electrons. The zero-order valence-corrected chi connectivity index (χ0v) is 16.0. The Morgan fingerprint density at radius 3 is 2.39 bits per heavy atom. The van der Waals surface area contributed by atoms with E-state index in [4.69, 9.17) is 0 Å². The number of nitrogens with zero attached hydrogens (tertiary/aromatic N) is 5. The Labute approximate surface area is 161 Å². The number of nitro groups is 1. The molecule has 1 aliphatic heterocycles. The smallest absolute Gasteiger partial charge is 0.293 e. The fourth-order valence-electron chi connectivity index (χ4n) is 3.26. The molecule has 0 unspecified atom stereocenters. The van der Waals surface area contributed by atoms with E-state index in [0.29, 0.717) is 37.7 Å². The summed E-state index contributed by atoms with van der Waals surface area (Å²) in [4.78, 5) is 38.7. The maximum Gasteiger partial charge on any atom is 0.293 e. The Balaban J connectivity index is 1.81.